The predicted octanol–water partition coefficient (Wildman–Crippen LogP) is 8.00. The second-order valence-corrected chi connectivity index (χ2v) is 13.1. The van der Waals surface area contributed by atoms with Gasteiger partial charge in [0.25, 0.3) is 5.91 Å². The van der Waals surface area contributed by atoms with E-state index in [4.69, 9.17) is 4.74 Å². The number of piperidine rings is 1. The number of fused-ring (bicyclic) bond motifs is 1. The van der Waals surface area contributed by atoms with Gasteiger partial charge >= 0.3 is 0 Å². The summed E-state index contributed by atoms with van der Waals surface area (Å²) in [5, 5.41) is 13.9. The van der Waals surface area contributed by atoms with Gasteiger partial charge in [-0.25, -0.2) is 14.4 Å². The number of ether oxygens (including phenoxy) is 1. The number of amides is 2. The Morgan fingerprint density at radius 1 is 1.04 bits per heavy atom. The fourth-order valence-corrected chi connectivity index (χ4v) is 6.31. The third-order valence-electron chi connectivity index (χ3n) is 9.04. The van der Waals surface area contributed by atoms with Crippen molar-refractivity contribution in [2.75, 3.05) is 39.1 Å². The Balaban J connectivity index is 0.000000225. The van der Waals surface area contributed by atoms with Crippen molar-refractivity contribution < 1.29 is 18.7 Å². The number of likely N-dealkylation sites (tertiary alicyclic amines) is 1. The molecule has 1 saturated heterocycles. The minimum absolute atomic E-state index is 0.146. The second-order valence-electron chi connectivity index (χ2n) is 13.1. The average Bonchev–Trinajstić information content (AvgIpc) is 3.59. The van der Waals surface area contributed by atoms with Gasteiger partial charge in [-0.1, -0.05) is 51.5 Å². The molecule has 1 aliphatic heterocycles. The Labute approximate surface area is 306 Å². The van der Waals surface area contributed by atoms with Crippen LogP contribution in [0.1, 0.15) is 70.8 Å². The summed E-state index contributed by atoms with van der Waals surface area (Å²) in [5.41, 5.74) is 4.56. The number of likely N-dealkylation sites (N-methyl/N-ethyl adjacent to an activating group) is 1. The summed E-state index contributed by atoms with van der Waals surface area (Å²) in [6, 6.07) is 22.1. The zero-order valence-electron chi connectivity index (χ0n) is 31.0. The van der Waals surface area contributed by atoms with E-state index in [2.05, 4.69) is 80.7 Å². The minimum atomic E-state index is -0.849. The fourth-order valence-electron chi connectivity index (χ4n) is 6.31. The number of aromatic nitrogens is 4. The van der Waals surface area contributed by atoms with Crippen LogP contribution in [0.2, 0.25) is 0 Å². The number of nitrogens with one attached hydrogen (secondary N) is 3. The van der Waals surface area contributed by atoms with Crippen molar-refractivity contribution in [2.45, 2.75) is 70.8 Å². The van der Waals surface area contributed by atoms with E-state index < -0.39 is 5.60 Å². The molecule has 1 fully saturated rings. The van der Waals surface area contributed by atoms with Crippen LogP contribution in [0.4, 0.5) is 10.1 Å². The highest BCUT2D eigenvalue weighted by Crippen LogP contribution is 2.31. The molecule has 6 rings (SSSR count). The number of methoxy groups -OCH3 is 1. The Morgan fingerprint density at radius 3 is 2.37 bits per heavy atom. The summed E-state index contributed by atoms with van der Waals surface area (Å²) in [5.74, 6) is 0.850. The van der Waals surface area contributed by atoms with Gasteiger partial charge in [-0.05, 0) is 106 Å². The highest BCUT2D eigenvalue weighted by atomic mass is 19.1. The summed E-state index contributed by atoms with van der Waals surface area (Å²) < 4.78 is 18.9. The molecule has 0 saturated carbocycles. The molecule has 1 aliphatic rings. The first-order valence-corrected chi connectivity index (χ1v) is 18.1. The number of rotatable bonds is 12. The van der Waals surface area contributed by atoms with E-state index in [-0.39, 0.29) is 11.7 Å². The van der Waals surface area contributed by atoms with Gasteiger partial charge in [0.1, 0.15) is 5.82 Å². The van der Waals surface area contributed by atoms with Gasteiger partial charge in [-0.2, -0.15) is 5.10 Å². The lowest BCUT2D eigenvalue weighted by atomic mass is 9.91. The van der Waals surface area contributed by atoms with Crippen molar-refractivity contribution >= 4 is 28.9 Å². The lowest BCUT2D eigenvalue weighted by Crippen LogP contribution is -2.55. The van der Waals surface area contributed by atoms with Crippen molar-refractivity contribution in [1.29, 1.82) is 0 Å². The van der Waals surface area contributed by atoms with E-state index in [9.17, 15) is 14.0 Å². The number of carbonyl (C=O) groups is 2. The maximum atomic E-state index is 13.2. The first-order chi connectivity index (χ1) is 25.3. The van der Waals surface area contributed by atoms with E-state index in [0.29, 0.717) is 30.3 Å². The second kappa shape index (κ2) is 20.1. The van der Waals surface area contributed by atoms with Gasteiger partial charge in [0.2, 0.25) is 6.41 Å². The molecule has 2 amide bonds. The number of nitrogens with zero attached hydrogens (tertiary/aromatic N) is 4. The van der Waals surface area contributed by atoms with Gasteiger partial charge in [0, 0.05) is 54.8 Å². The normalized spacial score (nSPS) is 16.1. The quantitative estimate of drug-likeness (QED) is 0.0886. The first kappa shape index (κ1) is 39.8. The number of hydrogen-bond acceptors (Lipinski definition) is 7. The van der Waals surface area contributed by atoms with E-state index >= 15 is 0 Å². The monoisotopic (exact) mass is 709 g/mol. The van der Waals surface area contributed by atoms with Crippen LogP contribution in [-0.2, 0) is 14.3 Å². The molecule has 3 aromatic carbocycles. The first-order valence-electron chi connectivity index (χ1n) is 18.1. The Morgan fingerprint density at radius 2 is 1.73 bits per heavy atom. The number of H-pyrrole nitrogens is 1. The van der Waals surface area contributed by atoms with Crippen LogP contribution >= 0.6 is 0 Å². The lowest BCUT2D eigenvalue weighted by Gasteiger charge is -2.38. The van der Waals surface area contributed by atoms with Crippen molar-refractivity contribution in [3.63, 3.8) is 0 Å². The SMILES string of the molecule is CCC.CCC(CCCNC=O)c1ccc(-c2ncccn2)cc1.COC1(C(=O)Nc2ccc3[nH]nc(-c4ccc(F)cc4)c3c2)CCCN(C)C1. The number of benzene rings is 3. The third kappa shape index (κ3) is 10.8. The third-order valence-corrected chi connectivity index (χ3v) is 9.04. The Bertz CT molecular complexity index is 1820. The molecule has 5 aromatic rings. The zero-order chi connectivity index (χ0) is 37.3. The minimum Gasteiger partial charge on any atom is -0.367 e. The maximum Gasteiger partial charge on any atom is 0.257 e. The van der Waals surface area contributed by atoms with Crippen LogP contribution < -0.4 is 10.6 Å². The molecule has 0 bridgehead atoms. The molecule has 3 N–H and O–H groups in total. The Hall–Kier alpha value is -5.00. The zero-order valence-corrected chi connectivity index (χ0v) is 31.0. The summed E-state index contributed by atoms with van der Waals surface area (Å²) in [6.45, 7) is 8.71. The van der Waals surface area contributed by atoms with Crippen LogP contribution in [0.15, 0.2) is 85.2 Å². The van der Waals surface area contributed by atoms with Gasteiger partial charge < -0.3 is 20.3 Å². The number of hydrogen-bond donors (Lipinski definition) is 3. The summed E-state index contributed by atoms with van der Waals surface area (Å²) >= 11 is 0. The molecule has 10 nitrogen and oxygen atoms in total. The molecule has 2 atom stereocenters. The van der Waals surface area contributed by atoms with E-state index in [1.807, 2.05) is 31.3 Å². The van der Waals surface area contributed by atoms with Crippen LogP contribution in [0.25, 0.3) is 33.5 Å². The van der Waals surface area contributed by atoms with Gasteiger partial charge in [-0.3, -0.25) is 14.7 Å². The molecule has 0 radical (unpaired) electrons. The molecule has 11 heteroatoms. The van der Waals surface area contributed by atoms with E-state index in [0.717, 1.165) is 73.0 Å². The van der Waals surface area contributed by atoms with Crippen LogP contribution in [0.3, 0.4) is 0 Å². The number of anilines is 1. The van der Waals surface area contributed by atoms with Crippen molar-refractivity contribution in [3.05, 3.63) is 96.6 Å². The number of carbonyl (C=O) groups excluding carboxylic acids is 2. The lowest BCUT2D eigenvalue weighted by molar-refractivity contribution is -0.144. The highest BCUT2D eigenvalue weighted by molar-refractivity contribution is 6.01. The van der Waals surface area contributed by atoms with Gasteiger partial charge in [0.05, 0.1) is 11.2 Å². The summed E-state index contributed by atoms with van der Waals surface area (Å²) in [6.07, 6.45) is 10.3. The molecule has 276 valence electrons. The molecule has 2 unspecified atom stereocenters. The van der Waals surface area contributed by atoms with Gasteiger partial charge in [-0.15, -0.1) is 0 Å². The topological polar surface area (TPSA) is 125 Å². The van der Waals surface area contributed by atoms with E-state index in [1.165, 1.54) is 24.1 Å². The largest absolute Gasteiger partial charge is 0.367 e. The van der Waals surface area contributed by atoms with Crippen molar-refractivity contribution in [1.82, 2.24) is 30.4 Å². The number of aromatic amines is 1. The highest BCUT2D eigenvalue weighted by Gasteiger charge is 2.41. The molecule has 0 aliphatic carbocycles. The molecule has 2 aromatic heterocycles. The predicted molar refractivity (Wildman–Crippen MR) is 206 cm³/mol. The fraction of sp³-hybridized carbons (Fsp3) is 0.390. The molecule has 0 spiro atoms. The molecular formula is C41H52FN7O3. The summed E-state index contributed by atoms with van der Waals surface area (Å²) in [7, 11) is 3.58. The van der Waals surface area contributed by atoms with Crippen molar-refractivity contribution in [3.8, 4) is 22.6 Å². The van der Waals surface area contributed by atoms with Crippen molar-refractivity contribution in [2.24, 2.45) is 0 Å². The molecular weight excluding hydrogens is 657 g/mol. The van der Waals surface area contributed by atoms with Crippen LogP contribution in [0.5, 0.6) is 0 Å². The smallest absolute Gasteiger partial charge is 0.257 e. The number of halogens is 1. The molecule has 52 heavy (non-hydrogen) atoms. The van der Waals surface area contributed by atoms with Crippen LogP contribution in [-0.4, -0.2) is 76.8 Å². The Kier molecular flexibility index (Phi) is 15.4. The maximum absolute atomic E-state index is 13.2. The molecule has 3 heterocycles. The van der Waals surface area contributed by atoms with Crippen LogP contribution in [0, 0.1) is 5.82 Å². The van der Waals surface area contributed by atoms with Gasteiger partial charge in [0.15, 0.2) is 11.4 Å². The summed E-state index contributed by atoms with van der Waals surface area (Å²) in [4.78, 5) is 33.9. The standard InChI is InChI=1S/C21H23FN4O2.C17H21N3O.C3H8/c1-26-11-3-10-21(13-26,28-2)20(27)23-16-8-9-18-17(12-16)19(25-24-18)14-4-6-15(22)7-5-14;1-2-14(5-3-10-18-13-21)15-6-8-16(9-7-15)17-19-11-4-12-20-17;1-3-2/h4-9,12H,3,10-11,13H2,1-2H3,(H,23,27)(H,24,25);4,6-9,11-14H,2-3,5,10H2,1H3,(H,18,21);3H2,1-2H3. The average molecular weight is 710 g/mol. The van der Waals surface area contributed by atoms with E-state index in [1.54, 1.807) is 31.6 Å².